The fourth-order valence-electron chi connectivity index (χ4n) is 1.74. The number of aryl methyl sites for hydroxylation is 1. The van der Waals surface area contributed by atoms with Gasteiger partial charge in [0.05, 0.1) is 11.0 Å². The minimum atomic E-state index is 0.217. The Labute approximate surface area is 101 Å². The number of nitrogens with two attached hydrogens (primary N) is 1. The Morgan fingerprint density at radius 1 is 1.35 bits per heavy atom. The van der Waals surface area contributed by atoms with Gasteiger partial charge in [-0.1, -0.05) is 11.6 Å². The van der Waals surface area contributed by atoms with Crippen molar-refractivity contribution in [3.05, 3.63) is 23.2 Å². The van der Waals surface area contributed by atoms with E-state index in [0.29, 0.717) is 16.5 Å². The summed E-state index contributed by atoms with van der Waals surface area (Å²) in [5.41, 5.74) is 7.79. The van der Waals surface area contributed by atoms with Crippen LogP contribution in [0.25, 0.3) is 22.6 Å². The van der Waals surface area contributed by atoms with Crippen LogP contribution in [-0.2, 0) is 7.05 Å². The third-order valence-electron chi connectivity index (χ3n) is 2.57. The quantitative estimate of drug-likeness (QED) is 0.712. The fraction of sp³-hybridized carbons (Fsp3) is 0.100. The lowest BCUT2D eigenvalue weighted by Crippen LogP contribution is -1.96. The average Bonchev–Trinajstić information content (AvgIpc) is 2.83. The molecule has 86 valence electrons. The predicted molar refractivity (Wildman–Crippen MR) is 63.4 cm³/mol. The van der Waals surface area contributed by atoms with Gasteiger partial charge in [-0.05, 0) is 28.5 Å². The Hall–Kier alpha value is -2.08. The van der Waals surface area contributed by atoms with Crippen molar-refractivity contribution >= 4 is 28.5 Å². The van der Waals surface area contributed by atoms with Crippen molar-refractivity contribution in [2.45, 2.75) is 0 Å². The molecule has 2 heterocycles. The van der Waals surface area contributed by atoms with Crippen molar-refractivity contribution in [1.82, 2.24) is 19.9 Å². The minimum Gasteiger partial charge on any atom is -0.379 e. The highest BCUT2D eigenvalue weighted by Gasteiger charge is 2.16. The van der Waals surface area contributed by atoms with Crippen LogP contribution in [0.3, 0.4) is 0 Å². The van der Waals surface area contributed by atoms with Gasteiger partial charge in [0.25, 0.3) is 0 Å². The lowest BCUT2D eigenvalue weighted by atomic mass is 10.3. The number of benzene rings is 1. The molecule has 3 aromatic rings. The molecule has 0 aliphatic heterocycles. The third kappa shape index (κ3) is 1.45. The van der Waals surface area contributed by atoms with Crippen LogP contribution in [0, 0.1) is 0 Å². The van der Waals surface area contributed by atoms with Gasteiger partial charge >= 0.3 is 0 Å². The van der Waals surface area contributed by atoms with Crippen molar-refractivity contribution in [3.63, 3.8) is 0 Å². The van der Waals surface area contributed by atoms with E-state index >= 15 is 0 Å². The molecule has 2 N–H and O–H groups in total. The Morgan fingerprint density at radius 2 is 2.18 bits per heavy atom. The zero-order valence-electron chi connectivity index (χ0n) is 8.88. The second-order valence-corrected chi connectivity index (χ2v) is 4.06. The molecule has 0 amide bonds. The maximum atomic E-state index is 5.92. The number of halogens is 1. The molecule has 0 unspecified atom stereocenters. The topological polar surface area (TPSA) is 82.8 Å². The standard InChI is InChI=1S/C10H8ClN5O/c1-16-7-3-2-5(11)4-6(7)13-10(16)8-9(12)15-17-14-8/h2-4H,1H3,(H2,12,15). The first-order valence-corrected chi connectivity index (χ1v) is 5.25. The molecule has 0 aliphatic carbocycles. The SMILES string of the molecule is Cn1c(-c2nonc2N)nc2cc(Cl)ccc21. The van der Waals surface area contributed by atoms with Gasteiger partial charge in [0.15, 0.2) is 17.3 Å². The van der Waals surface area contributed by atoms with E-state index in [1.54, 1.807) is 12.1 Å². The highest BCUT2D eigenvalue weighted by molar-refractivity contribution is 6.31. The van der Waals surface area contributed by atoms with Crippen LogP contribution in [0.15, 0.2) is 22.8 Å². The molecule has 17 heavy (non-hydrogen) atoms. The second kappa shape index (κ2) is 3.46. The van der Waals surface area contributed by atoms with E-state index in [1.165, 1.54) is 0 Å². The van der Waals surface area contributed by atoms with Crippen LogP contribution in [0.5, 0.6) is 0 Å². The number of aromatic nitrogens is 4. The highest BCUT2D eigenvalue weighted by Crippen LogP contribution is 2.26. The van der Waals surface area contributed by atoms with E-state index in [9.17, 15) is 0 Å². The summed E-state index contributed by atoms with van der Waals surface area (Å²) in [7, 11) is 1.87. The van der Waals surface area contributed by atoms with Gasteiger partial charge in [-0.15, -0.1) is 0 Å². The molecule has 0 spiro atoms. The van der Waals surface area contributed by atoms with Crippen molar-refractivity contribution in [1.29, 1.82) is 0 Å². The van der Waals surface area contributed by atoms with E-state index in [1.807, 2.05) is 17.7 Å². The maximum absolute atomic E-state index is 5.92. The van der Waals surface area contributed by atoms with E-state index in [2.05, 4.69) is 19.9 Å². The summed E-state index contributed by atoms with van der Waals surface area (Å²) in [5.74, 6) is 0.815. The first-order chi connectivity index (χ1) is 8.16. The summed E-state index contributed by atoms with van der Waals surface area (Å²) in [6.07, 6.45) is 0. The summed E-state index contributed by atoms with van der Waals surface area (Å²) in [4.78, 5) is 4.41. The van der Waals surface area contributed by atoms with Gasteiger partial charge < -0.3 is 10.3 Å². The van der Waals surface area contributed by atoms with Crippen LogP contribution in [-0.4, -0.2) is 19.9 Å². The Balaban J connectivity index is 2.31. The smallest absolute Gasteiger partial charge is 0.199 e. The second-order valence-electron chi connectivity index (χ2n) is 3.63. The summed E-state index contributed by atoms with van der Waals surface area (Å²) < 4.78 is 6.43. The molecule has 2 aromatic heterocycles. The first-order valence-electron chi connectivity index (χ1n) is 4.87. The van der Waals surface area contributed by atoms with E-state index in [0.717, 1.165) is 11.0 Å². The average molecular weight is 250 g/mol. The van der Waals surface area contributed by atoms with Crippen LogP contribution in [0.1, 0.15) is 0 Å². The van der Waals surface area contributed by atoms with Crippen LogP contribution in [0.4, 0.5) is 5.82 Å². The van der Waals surface area contributed by atoms with Crippen molar-refractivity contribution in [2.75, 3.05) is 5.73 Å². The summed E-state index contributed by atoms with van der Waals surface area (Å²) >= 11 is 5.92. The Kier molecular flexibility index (Phi) is 2.05. The molecule has 0 fully saturated rings. The molecule has 0 saturated heterocycles. The molecule has 7 heteroatoms. The third-order valence-corrected chi connectivity index (χ3v) is 2.80. The number of anilines is 1. The molecule has 1 aromatic carbocycles. The molecule has 0 bridgehead atoms. The molecule has 0 radical (unpaired) electrons. The Bertz CT molecular complexity index is 702. The summed E-state index contributed by atoms with van der Waals surface area (Å²) in [6, 6.07) is 5.47. The normalized spacial score (nSPS) is 11.2. The number of fused-ring (bicyclic) bond motifs is 1. The van der Waals surface area contributed by atoms with E-state index < -0.39 is 0 Å². The summed E-state index contributed by atoms with van der Waals surface area (Å²) in [6.45, 7) is 0. The van der Waals surface area contributed by atoms with Crippen LogP contribution < -0.4 is 5.73 Å². The number of nitrogens with zero attached hydrogens (tertiary/aromatic N) is 4. The zero-order valence-corrected chi connectivity index (χ0v) is 9.64. The molecule has 0 atom stereocenters. The number of hydrogen-bond acceptors (Lipinski definition) is 5. The molecule has 0 aliphatic rings. The zero-order chi connectivity index (χ0) is 12.0. The van der Waals surface area contributed by atoms with Gasteiger partial charge in [0, 0.05) is 12.1 Å². The lowest BCUT2D eigenvalue weighted by molar-refractivity contribution is 0.310. The van der Waals surface area contributed by atoms with Crippen LogP contribution in [0.2, 0.25) is 5.02 Å². The minimum absolute atomic E-state index is 0.217. The van der Waals surface area contributed by atoms with E-state index in [-0.39, 0.29) is 5.82 Å². The fourth-order valence-corrected chi connectivity index (χ4v) is 1.90. The van der Waals surface area contributed by atoms with Gasteiger partial charge in [0.2, 0.25) is 0 Å². The molecular formula is C10H8ClN5O. The first kappa shape index (κ1) is 10.1. The lowest BCUT2D eigenvalue weighted by Gasteiger charge is -1.97. The molecule has 3 rings (SSSR count). The largest absolute Gasteiger partial charge is 0.379 e. The predicted octanol–water partition coefficient (Wildman–Crippen LogP) is 1.86. The number of imidazole rings is 1. The highest BCUT2D eigenvalue weighted by atomic mass is 35.5. The Morgan fingerprint density at radius 3 is 2.88 bits per heavy atom. The van der Waals surface area contributed by atoms with Gasteiger partial charge in [0.1, 0.15) is 0 Å². The maximum Gasteiger partial charge on any atom is 0.199 e. The van der Waals surface area contributed by atoms with Gasteiger partial charge in [-0.3, -0.25) is 0 Å². The van der Waals surface area contributed by atoms with Crippen molar-refractivity contribution in [3.8, 4) is 11.5 Å². The monoisotopic (exact) mass is 249 g/mol. The van der Waals surface area contributed by atoms with E-state index in [4.69, 9.17) is 17.3 Å². The van der Waals surface area contributed by atoms with Crippen molar-refractivity contribution in [2.24, 2.45) is 7.05 Å². The van der Waals surface area contributed by atoms with Gasteiger partial charge in [-0.25, -0.2) is 9.61 Å². The number of rotatable bonds is 1. The van der Waals surface area contributed by atoms with Crippen molar-refractivity contribution < 1.29 is 4.63 Å². The van der Waals surface area contributed by atoms with Crippen LogP contribution >= 0.6 is 11.6 Å². The molecular weight excluding hydrogens is 242 g/mol. The number of hydrogen-bond donors (Lipinski definition) is 1. The molecule has 6 nitrogen and oxygen atoms in total. The van der Waals surface area contributed by atoms with Gasteiger partial charge in [-0.2, -0.15) is 0 Å². The molecule has 0 saturated carbocycles. The number of nitrogen functional groups attached to an aromatic ring is 1. The summed E-state index contributed by atoms with van der Waals surface area (Å²) in [5, 5.41) is 7.90.